The summed E-state index contributed by atoms with van der Waals surface area (Å²) in [5.74, 6) is 0.194. The van der Waals surface area contributed by atoms with Gasteiger partial charge in [-0.15, -0.1) is 0 Å². The fourth-order valence-corrected chi connectivity index (χ4v) is 3.55. The van der Waals surface area contributed by atoms with Crippen molar-refractivity contribution >= 4 is 40.4 Å². The first-order valence-electron chi connectivity index (χ1n) is 8.62. The summed E-state index contributed by atoms with van der Waals surface area (Å²) in [4.78, 5) is 30.0. The highest BCUT2D eigenvalue weighted by Crippen LogP contribution is 2.30. The zero-order chi connectivity index (χ0) is 19.2. The predicted molar refractivity (Wildman–Crippen MR) is 108 cm³/mol. The van der Waals surface area contributed by atoms with E-state index in [2.05, 4.69) is 4.99 Å². The van der Waals surface area contributed by atoms with Gasteiger partial charge in [0.25, 0.3) is 5.91 Å². The van der Waals surface area contributed by atoms with Crippen LogP contribution in [-0.2, 0) is 9.59 Å². The molecular formula is C21H19FN2O2S. The Morgan fingerprint density at radius 1 is 1.15 bits per heavy atom. The molecule has 0 N–H and O–H groups in total. The van der Waals surface area contributed by atoms with Crippen molar-refractivity contribution in [2.75, 3.05) is 10.7 Å². The Morgan fingerprint density at radius 2 is 1.85 bits per heavy atom. The summed E-state index contributed by atoms with van der Waals surface area (Å²) in [7, 11) is 0. The minimum absolute atomic E-state index is 0.139. The normalized spacial score (nSPS) is 15.3. The molecule has 6 heteroatoms. The van der Waals surface area contributed by atoms with Crippen molar-refractivity contribution in [3.63, 3.8) is 0 Å². The molecule has 1 heterocycles. The van der Waals surface area contributed by atoms with Crippen molar-refractivity contribution < 1.29 is 14.0 Å². The average molecular weight is 382 g/mol. The largest absolute Gasteiger partial charge is 0.300 e. The number of amidine groups is 1. The number of anilines is 1. The van der Waals surface area contributed by atoms with Gasteiger partial charge in [-0.05, 0) is 49.2 Å². The maximum Gasteiger partial charge on any atom is 0.283 e. The van der Waals surface area contributed by atoms with E-state index in [1.54, 1.807) is 25.1 Å². The van der Waals surface area contributed by atoms with Crippen LogP contribution in [-0.4, -0.2) is 22.6 Å². The number of carbonyl (C=O) groups is 2. The first-order chi connectivity index (χ1) is 13.0. The number of amides is 1. The summed E-state index contributed by atoms with van der Waals surface area (Å²) >= 11 is 1.42. The molecule has 2 aromatic rings. The van der Waals surface area contributed by atoms with Gasteiger partial charge in [0.2, 0.25) is 0 Å². The molecule has 0 spiro atoms. The van der Waals surface area contributed by atoms with Crippen molar-refractivity contribution in [2.45, 2.75) is 19.8 Å². The zero-order valence-corrected chi connectivity index (χ0v) is 15.7. The number of rotatable bonds is 6. The second-order valence-corrected chi connectivity index (χ2v) is 7.17. The van der Waals surface area contributed by atoms with Crippen molar-refractivity contribution in [1.82, 2.24) is 0 Å². The maximum atomic E-state index is 13.3. The molecule has 1 aliphatic rings. The van der Waals surface area contributed by atoms with Gasteiger partial charge in [0, 0.05) is 12.2 Å². The summed E-state index contributed by atoms with van der Waals surface area (Å²) in [6.07, 6.45) is 2.95. The highest BCUT2D eigenvalue weighted by Gasteiger charge is 2.31. The number of ketones is 1. The van der Waals surface area contributed by atoms with Crippen LogP contribution in [0.2, 0.25) is 0 Å². The van der Waals surface area contributed by atoms with Crippen LogP contribution in [0, 0.1) is 5.82 Å². The van der Waals surface area contributed by atoms with Gasteiger partial charge in [-0.3, -0.25) is 9.69 Å². The Hall–Kier alpha value is -2.73. The number of nitrogens with zero attached hydrogens (tertiary/aromatic N) is 2. The van der Waals surface area contributed by atoms with Crippen LogP contribution in [0.25, 0.3) is 6.08 Å². The van der Waals surface area contributed by atoms with Gasteiger partial charge in [0.1, 0.15) is 17.3 Å². The van der Waals surface area contributed by atoms with Crippen molar-refractivity contribution in [2.24, 2.45) is 4.99 Å². The minimum atomic E-state index is -0.363. The summed E-state index contributed by atoms with van der Waals surface area (Å²) in [5.41, 5.74) is 1.78. The van der Waals surface area contributed by atoms with Crippen molar-refractivity contribution in [3.8, 4) is 0 Å². The Labute approximate surface area is 161 Å². The molecule has 0 fully saturated rings. The lowest BCUT2D eigenvalue weighted by atomic mass is 10.2. The number of aliphatic imine (C=N–C) groups is 1. The van der Waals surface area contributed by atoms with E-state index in [0.29, 0.717) is 35.1 Å². The molecule has 4 nitrogen and oxygen atoms in total. The van der Waals surface area contributed by atoms with E-state index in [-0.39, 0.29) is 17.5 Å². The molecule has 1 aliphatic heterocycles. The molecule has 2 aromatic carbocycles. The number of hydrogen-bond acceptors (Lipinski definition) is 4. The fraction of sp³-hybridized carbons (Fsp3) is 0.190. The molecule has 0 unspecified atom stereocenters. The van der Waals surface area contributed by atoms with Crippen LogP contribution in [0.5, 0.6) is 0 Å². The fourth-order valence-electron chi connectivity index (χ4n) is 2.60. The Morgan fingerprint density at radius 3 is 2.52 bits per heavy atom. The summed E-state index contributed by atoms with van der Waals surface area (Å²) in [6.45, 7) is 1.56. The lowest BCUT2D eigenvalue weighted by molar-refractivity contribution is -0.117. The van der Waals surface area contributed by atoms with Gasteiger partial charge in [-0.2, -0.15) is 0 Å². The molecule has 0 atom stereocenters. The van der Waals surface area contributed by atoms with Crippen LogP contribution in [0.15, 0.2) is 65.3 Å². The zero-order valence-electron chi connectivity index (χ0n) is 14.9. The number of benzene rings is 2. The lowest BCUT2D eigenvalue weighted by Crippen LogP contribution is -2.30. The predicted octanol–water partition coefficient (Wildman–Crippen LogP) is 4.67. The standard InChI is InChI=1S/C21H19FN2O2S/c1-15(25)6-5-13-27-21-23-19(14-16-7-3-2-4-8-16)20(26)24(21)18-11-9-17(22)10-12-18/h2-4,7-12,14H,5-6,13H2,1H3/b19-14-. The third kappa shape index (κ3) is 4.92. The summed E-state index contributed by atoms with van der Waals surface area (Å²) in [6, 6.07) is 15.2. The first-order valence-corrected chi connectivity index (χ1v) is 9.61. The van der Waals surface area contributed by atoms with Crippen LogP contribution in [0.4, 0.5) is 10.1 Å². The molecule has 0 saturated heterocycles. The summed E-state index contributed by atoms with van der Waals surface area (Å²) in [5, 5.41) is 0.539. The van der Waals surface area contributed by atoms with Gasteiger partial charge in [0.15, 0.2) is 5.17 Å². The van der Waals surface area contributed by atoms with E-state index in [1.165, 1.54) is 28.8 Å². The van der Waals surface area contributed by atoms with E-state index in [9.17, 15) is 14.0 Å². The number of hydrogen-bond donors (Lipinski definition) is 0. The third-order valence-electron chi connectivity index (χ3n) is 3.92. The van der Waals surface area contributed by atoms with E-state index in [0.717, 1.165) is 5.56 Å². The van der Waals surface area contributed by atoms with E-state index >= 15 is 0 Å². The molecule has 0 bridgehead atoms. The molecule has 138 valence electrons. The highest BCUT2D eigenvalue weighted by molar-refractivity contribution is 8.14. The van der Waals surface area contributed by atoms with E-state index in [4.69, 9.17) is 0 Å². The van der Waals surface area contributed by atoms with Crippen molar-refractivity contribution in [3.05, 3.63) is 71.7 Å². The molecular weight excluding hydrogens is 363 g/mol. The number of Topliss-reactive ketones (excluding diaryl/α,β-unsaturated/α-hetero) is 1. The SMILES string of the molecule is CC(=O)CCCSC1=N/C(=C\c2ccccc2)C(=O)N1c1ccc(F)cc1. The van der Waals surface area contributed by atoms with Crippen LogP contribution >= 0.6 is 11.8 Å². The monoisotopic (exact) mass is 382 g/mol. The Bertz CT molecular complexity index is 892. The molecule has 0 aliphatic carbocycles. The topological polar surface area (TPSA) is 49.7 Å². The number of carbonyl (C=O) groups excluding carboxylic acids is 2. The Balaban J connectivity index is 1.86. The van der Waals surface area contributed by atoms with Crippen LogP contribution < -0.4 is 4.90 Å². The Kier molecular flexibility index (Phi) is 6.19. The molecule has 3 rings (SSSR count). The molecule has 0 aromatic heterocycles. The lowest BCUT2D eigenvalue weighted by Gasteiger charge is -2.17. The molecule has 1 amide bonds. The maximum absolute atomic E-state index is 13.3. The van der Waals surface area contributed by atoms with Crippen LogP contribution in [0.3, 0.4) is 0 Å². The van der Waals surface area contributed by atoms with Gasteiger partial charge in [-0.25, -0.2) is 9.38 Å². The smallest absolute Gasteiger partial charge is 0.283 e. The van der Waals surface area contributed by atoms with Crippen molar-refractivity contribution in [1.29, 1.82) is 0 Å². The van der Waals surface area contributed by atoms with E-state index in [1.807, 2.05) is 30.3 Å². The minimum Gasteiger partial charge on any atom is -0.300 e. The third-order valence-corrected chi connectivity index (χ3v) is 4.95. The van der Waals surface area contributed by atoms with Gasteiger partial charge in [0.05, 0.1) is 5.69 Å². The summed E-state index contributed by atoms with van der Waals surface area (Å²) < 4.78 is 13.3. The van der Waals surface area contributed by atoms with E-state index < -0.39 is 0 Å². The first kappa shape index (κ1) is 19.0. The average Bonchev–Trinajstić information content (AvgIpc) is 2.96. The second-order valence-electron chi connectivity index (χ2n) is 6.11. The second kappa shape index (κ2) is 8.77. The van der Waals surface area contributed by atoms with Gasteiger partial charge >= 0.3 is 0 Å². The molecule has 0 saturated carbocycles. The highest BCUT2D eigenvalue weighted by atomic mass is 32.2. The van der Waals surface area contributed by atoms with Gasteiger partial charge < -0.3 is 4.79 Å². The van der Waals surface area contributed by atoms with Crippen LogP contribution in [0.1, 0.15) is 25.3 Å². The molecule has 27 heavy (non-hydrogen) atoms. The number of halogens is 1. The van der Waals surface area contributed by atoms with Gasteiger partial charge in [-0.1, -0.05) is 42.1 Å². The number of thioether (sulfide) groups is 1. The molecule has 0 radical (unpaired) electrons. The quantitative estimate of drug-likeness (QED) is 0.539.